The van der Waals surface area contributed by atoms with Gasteiger partial charge in [0.15, 0.2) is 11.5 Å². The minimum absolute atomic E-state index is 0.134. The standard InChI is InChI=1S/C24H19ClN2O4/c1-30-20-8-3-2-6-16(20)13-22-24(29)27-19-12-17(9-10-21(19)31-22)23(28)26-14-15-5-4-7-18(25)11-15/h2-13H,14H2,1H3,(H,26,28)(H,27,29). The molecular formula is C24H19ClN2O4. The first-order chi connectivity index (χ1) is 15.0. The summed E-state index contributed by atoms with van der Waals surface area (Å²) in [6, 6.07) is 19.5. The van der Waals surface area contributed by atoms with E-state index >= 15 is 0 Å². The highest BCUT2D eigenvalue weighted by atomic mass is 35.5. The van der Waals surface area contributed by atoms with Crippen LogP contribution in [0.2, 0.25) is 5.02 Å². The third kappa shape index (κ3) is 4.70. The number of ether oxygens (including phenoxy) is 2. The predicted molar refractivity (Wildman–Crippen MR) is 119 cm³/mol. The van der Waals surface area contributed by atoms with E-state index in [4.69, 9.17) is 21.1 Å². The zero-order valence-corrected chi connectivity index (χ0v) is 17.4. The van der Waals surface area contributed by atoms with Crippen LogP contribution in [0.25, 0.3) is 6.08 Å². The summed E-state index contributed by atoms with van der Waals surface area (Å²) in [6.07, 6.45) is 1.61. The zero-order valence-electron chi connectivity index (χ0n) is 16.6. The summed E-state index contributed by atoms with van der Waals surface area (Å²) < 4.78 is 11.1. The zero-order chi connectivity index (χ0) is 21.8. The van der Waals surface area contributed by atoms with Gasteiger partial charge in [0.05, 0.1) is 12.8 Å². The Balaban J connectivity index is 1.50. The largest absolute Gasteiger partial charge is 0.496 e. The SMILES string of the molecule is COc1ccccc1C=C1Oc2ccc(C(=O)NCc3cccc(Cl)c3)cc2NC1=O. The Morgan fingerprint density at radius 1 is 1.13 bits per heavy atom. The molecule has 31 heavy (non-hydrogen) atoms. The lowest BCUT2D eigenvalue weighted by Crippen LogP contribution is -2.25. The number of anilines is 1. The summed E-state index contributed by atoms with van der Waals surface area (Å²) in [5.74, 6) is 0.536. The Morgan fingerprint density at radius 2 is 1.97 bits per heavy atom. The molecule has 0 aromatic heterocycles. The monoisotopic (exact) mass is 434 g/mol. The molecule has 0 saturated heterocycles. The fraction of sp³-hybridized carbons (Fsp3) is 0.0833. The Kier molecular flexibility index (Phi) is 5.91. The lowest BCUT2D eigenvalue weighted by atomic mass is 10.1. The summed E-state index contributed by atoms with van der Waals surface area (Å²) in [7, 11) is 1.56. The van der Waals surface area contributed by atoms with Crippen LogP contribution < -0.4 is 20.1 Å². The molecule has 3 aromatic rings. The molecule has 2 amide bonds. The molecule has 6 nitrogen and oxygen atoms in total. The van der Waals surface area contributed by atoms with Crippen LogP contribution in [-0.4, -0.2) is 18.9 Å². The summed E-state index contributed by atoms with van der Waals surface area (Å²) in [4.78, 5) is 25.0. The number of carbonyl (C=O) groups excluding carboxylic acids is 2. The molecule has 0 bridgehead atoms. The van der Waals surface area contributed by atoms with Crippen LogP contribution in [0.3, 0.4) is 0 Å². The van der Waals surface area contributed by atoms with Crippen molar-refractivity contribution in [3.63, 3.8) is 0 Å². The van der Waals surface area contributed by atoms with Crippen LogP contribution in [0.15, 0.2) is 72.5 Å². The fourth-order valence-electron chi connectivity index (χ4n) is 3.16. The maximum absolute atomic E-state index is 12.5. The van der Waals surface area contributed by atoms with E-state index in [1.54, 1.807) is 49.6 Å². The van der Waals surface area contributed by atoms with Gasteiger partial charge in [-0.1, -0.05) is 41.9 Å². The second kappa shape index (κ2) is 8.93. The maximum atomic E-state index is 12.5. The van der Waals surface area contributed by atoms with Crippen molar-refractivity contribution in [2.24, 2.45) is 0 Å². The highest BCUT2D eigenvalue weighted by Crippen LogP contribution is 2.33. The number of halogens is 1. The normalized spacial score (nSPS) is 13.7. The lowest BCUT2D eigenvalue weighted by molar-refractivity contribution is -0.115. The first kappa shape index (κ1) is 20.5. The topological polar surface area (TPSA) is 76.7 Å². The number of methoxy groups -OCH3 is 1. The highest BCUT2D eigenvalue weighted by Gasteiger charge is 2.23. The molecule has 0 spiro atoms. The van der Waals surface area contributed by atoms with Crippen LogP contribution in [0.5, 0.6) is 11.5 Å². The average molecular weight is 435 g/mol. The van der Waals surface area contributed by atoms with Crippen LogP contribution in [0, 0.1) is 0 Å². The van der Waals surface area contributed by atoms with Crippen molar-refractivity contribution in [2.75, 3.05) is 12.4 Å². The smallest absolute Gasteiger partial charge is 0.291 e. The van der Waals surface area contributed by atoms with Gasteiger partial charge in [-0.2, -0.15) is 0 Å². The van der Waals surface area contributed by atoms with E-state index in [0.717, 1.165) is 11.1 Å². The highest BCUT2D eigenvalue weighted by molar-refractivity contribution is 6.30. The van der Waals surface area contributed by atoms with Crippen molar-refractivity contribution in [1.82, 2.24) is 5.32 Å². The third-order valence-electron chi connectivity index (χ3n) is 4.70. The molecule has 0 radical (unpaired) electrons. The van der Waals surface area contributed by atoms with E-state index in [2.05, 4.69) is 10.6 Å². The van der Waals surface area contributed by atoms with Gasteiger partial charge in [0.2, 0.25) is 0 Å². The van der Waals surface area contributed by atoms with Gasteiger partial charge in [0, 0.05) is 22.7 Å². The number of amides is 2. The van der Waals surface area contributed by atoms with Gasteiger partial charge >= 0.3 is 0 Å². The van der Waals surface area contributed by atoms with Gasteiger partial charge < -0.3 is 20.1 Å². The van der Waals surface area contributed by atoms with Crippen molar-refractivity contribution >= 4 is 35.2 Å². The number of fused-ring (bicyclic) bond motifs is 1. The summed E-state index contributed by atoms with van der Waals surface area (Å²) in [6.45, 7) is 0.338. The van der Waals surface area contributed by atoms with Crippen molar-refractivity contribution < 1.29 is 19.1 Å². The molecule has 4 rings (SSSR count). The quantitative estimate of drug-likeness (QED) is 0.573. The number of para-hydroxylation sites is 1. The van der Waals surface area contributed by atoms with Crippen molar-refractivity contribution in [1.29, 1.82) is 0 Å². The van der Waals surface area contributed by atoms with E-state index in [-0.39, 0.29) is 11.7 Å². The summed E-state index contributed by atoms with van der Waals surface area (Å²) in [5.41, 5.74) is 2.44. The molecule has 0 fully saturated rings. The molecule has 0 saturated carbocycles. The predicted octanol–water partition coefficient (Wildman–Crippen LogP) is 4.65. The average Bonchev–Trinajstić information content (AvgIpc) is 2.78. The van der Waals surface area contributed by atoms with E-state index in [1.807, 2.05) is 30.3 Å². The molecule has 0 atom stereocenters. The van der Waals surface area contributed by atoms with Gasteiger partial charge in [-0.05, 0) is 48.0 Å². The molecule has 3 aromatic carbocycles. The van der Waals surface area contributed by atoms with Gasteiger partial charge in [0.25, 0.3) is 11.8 Å². The van der Waals surface area contributed by atoms with E-state index in [9.17, 15) is 9.59 Å². The third-order valence-corrected chi connectivity index (χ3v) is 4.94. The first-order valence-electron chi connectivity index (χ1n) is 9.54. The molecule has 1 heterocycles. The van der Waals surface area contributed by atoms with Crippen molar-refractivity contribution in [3.8, 4) is 11.5 Å². The van der Waals surface area contributed by atoms with Gasteiger partial charge in [-0.3, -0.25) is 9.59 Å². The lowest BCUT2D eigenvalue weighted by Gasteiger charge is -2.21. The number of hydrogen-bond donors (Lipinski definition) is 2. The van der Waals surface area contributed by atoms with Crippen molar-refractivity contribution in [2.45, 2.75) is 6.54 Å². The molecule has 0 aliphatic carbocycles. The van der Waals surface area contributed by atoms with Crippen LogP contribution in [-0.2, 0) is 11.3 Å². The van der Waals surface area contributed by atoms with Crippen molar-refractivity contribution in [3.05, 3.63) is 94.2 Å². The second-order valence-electron chi connectivity index (χ2n) is 6.83. The number of rotatable bonds is 5. The number of hydrogen-bond acceptors (Lipinski definition) is 4. The Hall–Kier alpha value is -3.77. The van der Waals surface area contributed by atoms with E-state index in [0.29, 0.717) is 34.3 Å². The minimum Gasteiger partial charge on any atom is -0.496 e. The van der Waals surface area contributed by atoms with Gasteiger partial charge in [-0.25, -0.2) is 0 Å². The van der Waals surface area contributed by atoms with Crippen LogP contribution >= 0.6 is 11.6 Å². The molecular weight excluding hydrogens is 416 g/mol. The van der Waals surface area contributed by atoms with Gasteiger partial charge in [-0.15, -0.1) is 0 Å². The number of carbonyl (C=O) groups is 2. The molecule has 0 unspecified atom stereocenters. The maximum Gasteiger partial charge on any atom is 0.291 e. The Bertz CT molecular complexity index is 1190. The number of nitrogens with one attached hydrogen (secondary N) is 2. The van der Waals surface area contributed by atoms with Crippen LogP contribution in [0.4, 0.5) is 5.69 Å². The summed E-state index contributed by atoms with van der Waals surface area (Å²) >= 11 is 5.97. The molecule has 2 N–H and O–H groups in total. The second-order valence-corrected chi connectivity index (χ2v) is 7.27. The molecule has 1 aliphatic heterocycles. The number of benzene rings is 3. The Labute approximate surface area is 184 Å². The molecule has 7 heteroatoms. The molecule has 156 valence electrons. The minimum atomic E-state index is -0.408. The van der Waals surface area contributed by atoms with Crippen LogP contribution in [0.1, 0.15) is 21.5 Å². The summed E-state index contributed by atoms with van der Waals surface area (Å²) in [5, 5.41) is 6.22. The van der Waals surface area contributed by atoms with E-state index in [1.165, 1.54) is 0 Å². The van der Waals surface area contributed by atoms with Gasteiger partial charge in [0.1, 0.15) is 5.75 Å². The van der Waals surface area contributed by atoms with E-state index < -0.39 is 5.91 Å². The fourth-order valence-corrected chi connectivity index (χ4v) is 3.37. The molecule has 1 aliphatic rings. The Morgan fingerprint density at radius 3 is 2.77 bits per heavy atom. The first-order valence-corrected chi connectivity index (χ1v) is 9.92.